The molecule has 90 valence electrons. The smallest absolute Gasteiger partial charge is 0.0894 e. The van der Waals surface area contributed by atoms with Gasteiger partial charge in [-0.25, -0.2) is 9.97 Å². The van der Waals surface area contributed by atoms with Crippen LogP contribution in [0, 0.1) is 0 Å². The van der Waals surface area contributed by atoms with Crippen molar-refractivity contribution in [3.05, 3.63) is 35.2 Å². The van der Waals surface area contributed by atoms with E-state index in [1.165, 1.54) is 5.56 Å². The maximum Gasteiger partial charge on any atom is 0.0894 e. The largest absolute Gasteiger partial charge is 0.248 e. The fourth-order valence-corrected chi connectivity index (χ4v) is 3.17. The Hall–Kier alpha value is 0.980. The second-order valence-corrected chi connectivity index (χ2v) is 9.43. The molecular formula is C11H8Br2I2N2. The van der Waals surface area contributed by atoms with Crippen molar-refractivity contribution in [2.45, 2.75) is 12.6 Å². The Morgan fingerprint density at radius 2 is 1.59 bits per heavy atom. The Morgan fingerprint density at radius 1 is 1.00 bits per heavy atom. The van der Waals surface area contributed by atoms with E-state index in [2.05, 4.69) is 99.1 Å². The third kappa shape index (κ3) is 3.30. The number of benzene rings is 1. The fraction of sp³-hybridized carbons (Fsp3) is 0.273. The van der Waals surface area contributed by atoms with E-state index in [0.29, 0.717) is 1.93 Å². The number of halogens is 4. The molecule has 0 fully saturated rings. The number of alkyl halides is 4. The van der Waals surface area contributed by atoms with Gasteiger partial charge in [-0.15, -0.1) is 0 Å². The summed E-state index contributed by atoms with van der Waals surface area (Å²) in [5.74, 6) is 0. The van der Waals surface area contributed by atoms with Crippen LogP contribution >= 0.6 is 77.0 Å². The molecule has 0 N–H and O–H groups in total. The third-order valence-electron chi connectivity index (χ3n) is 2.35. The van der Waals surface area contributed by atoms with Crippen LogP contribution in [-0.2, 0) is 10.7 Å². The molecule has 1 aromatic heterocycles. The van der Waals surface area contributed by atoms with Gasteiger partial charge >= 0.3 is 0 Å². The number of aromatic nitrogens is 2. The summed E-state index contributed by atoms with van der Waals surface area (Å²) in [4.78, 5) is 9.28. The molecular weight excluding hydrogens is 574 g/mol. The van der Waals surface area contributed by atoms with Crippen molar-refractivity contribution in [1.82, 2.24) is 9.97 Å². The van der Waals surface area contributed by atoms with E-state index in [0.717, 1.165) is 33.1 Å². The predicted molar refractivity (Wildman–Crippen MR) is 95.6 cm³/mol. The van der Waals surface area contributed by atoms with E-state index in [1.54, 1.807) is 0 Å². The molecule has 6 heteroatoms. The number of hydrogen-bond acceptors (Lipinski definition) is 2. The average Bonchev–Trinajstić information content (AvgIpc) is 2.36. The Bertz CT molecular complexity index is 546. The van der Waals surface area contributed by atoms with Crippen LogP contribution in [0.3, 0.4) is 0 Å². The van der Waals surface area contributed by atoms with E-state index >= 15 is 0 Å². The topological polar surface area (TPSA) is 25.8 Å². The molecule has 0 radical (unpaired) electrons. The molecule has 0 bridgehead atoms. The van der Waals surface area contributed by atoms with Gasteiger partial charge in [0.1, 0.15) is 0 Å². The number of fused-ring (bicyclic) bond motifs is 1. The Morgan fingerprint density at radius 3 is 2.12 bits per heavy atom. The summed E-state index contributed by atoms with van der Waals surface area (Å²) in [6.45, 7) is 0. The van der Waals surface area contributed by atoms with Crippen molar-refractivity contribution in [3.63, 3.8) is 0 Å². The summed E-state index contributed by atoms with van der Waals surface area (Å²) in [6, 6.07) is 6.29. The lowest BCUT2D eigenvalue weighted by Crippen LogP contribution is -1.98. The molecule has 17 heavy (non-hydrogen) atoms. The zero-order valence-electron chi connectivity index (χ0n) is 8.63. The standard InChI is InChI=1S/C11H8Br2I2N2/c12-4-9-10(5-13)17-8-3-6(11(14)15)1-2-7(8)16-9/h1-3,11H,4-5H2. The van der Waals surface area contributed by atoms with Gasteiger partial charge in [-0.3, -0.25) is 0 Å². The number of hydrogen-bond donors (Lipinski definition) is 0. The maximum absolute atomic E-state index is 4.66. The molecule has 0 saturated carbocycles. The van der Waals surface area contributed by atoms with Gasteiger partial charge in [0.05, 0.1) is 24.4 Å². The minimum Gasteiger partial charge on any atom is -0.248 e. The molecule has 2 rings (SSSR count). The first-order valence-electron chi connectivity index (χ1n) is 4.85. The second-order valence-electron chi connectivity index (χ2n) is 3.43. The van der Waals surface area contributed by atoms with Crippen LogP contribution in [-0.4, -0.2) is 9.97 Å². The highest BCUT2D eigenvalue weighted by Gasteiger charge is 2.09. The molecule has 0 spiro atoms. The lowest BCUT2D eigenvalue weighted by molar-refractivity contribution is 1.08. The molecule has 0 amide bonds. The van der Waals surface area contributed by atoms with Gasteiger partial charge in [0.15, 0.2) is 0 Å². The van der Waals surface area contributed by atoms with E-state index in [9.17, 15) is 0 Å². The van der Waals surface area contributed by atoms with E-state index < -0.39 is 0 Å². The van der Waals surface area contributed by atoms with Crippen LogP contribution in [0.2, 0.25) is 0 Å². The first kappa shape index (κ1) is 14.4. The highest BCUT2D eigenvalue weighted by molar-refractivity contribution is 14.2. The van der Waals surface area contributed by atoms with E-state index in [4.69, 9.17) is 0 Å². The molecule has 0 aliphatic carbocycles. The van der Waals surface area contributed by atoms with E-state index in [1.807, 2.05) is 6.07 Å². The van der Waals surface area contributed by atoms with Crippen LogP contribution in [0.15, 0.2) is 18.2 Å². The zero-order valence-corrected chi connectivity index (χ0v) is 16.1. The molecule has 0 aliphatic rings. The Balaban J connectivity index is 2.62. The SMILES string of the molecule is BrCc1nc2ccc(C(I)I)cc2nc1CBr. The third-order valence-corrected chi connectivity index (χ3v) is 4.85. The molecule has 1 aromatic carbocycles. The molecule has 0 unspecified atom stereocenters. The summed E-state index contributed by atoms with van der Waals surface area (Å²) in [5.41, 5.74) is 5.22. The lowest BCUT2D eigenvalue weighted by atomic mass is 10.2. The van der Waals surface area contributed by atoms with Gasteiger partial charge in [0, 0.05) is 10.7 Å². The van der Waals surface area contributed by atoms with Crippen LogP contribution in [0.1, 0.15) is 18.9 Å². The molecule has 1 heterocycles. The lowest BCUT2D eigenvalue weighted by Gasteiger charge is -2.07. The monoisotopic (exact) mass is 580 g/mol. The fourth-order valence-electron chi connectivity index (χ4n) is 1.49. The first-order valence-corrected chi connectivity index (χ1v) is 9.58. The minimum absolute atomic E-state index is 0.458. The highest BCUT2D eigenvalue weighted by Crippen LogP contribution is 2.31. The molecule has 2 nitrogen and oxygen atoms in total. The van der Waals surface area contributed by atoms with Gasteiger partial charge in [-0.1, -0.05) is 83.1 Å². The minimum atomic E-state index is 0.458. The molecule has 2 aromatic rings. The second kappa shape index (κ2) is 6.42. The van der Waals surface area contributed by atoms with Gasteiger partial charge in [-0.2, -0.15) is 0 Å². The predicted octanol–water partition coefficient (Wildman–Crippen LogP) is 5.29. The van der Waals surface area contributed by atoms with Crippen LogP contribution in [0.25, 0.3) is 11.0 Å². The van der Waals surface area contributed by atoms with Crippen molar-refractivity contribution in [2.75, 3.05) is 0 Å². The summed E-state index contributed by atoms with van der Waals surface area (Å²) in [6.07, 6.45) is 0. The molecule has 0 aliphatic heterocycles. The van der Waals surface area contributed by atoms with E-state index in [-0.39, 0.29) is 0 Å². The van der Waals surface area contributed by atoms with Crippen molar-refractivity contribution < 1.29 is 0 Å². The van der Waals surface area contributed by atoms with Crippen LogP contribution in [0.5, 0.6) is 0 Å². The average molecular weight is 582 g/mol. The van der Waals surface area contributed by atoms with Crippen LogP contribution < -0.4 is 0 Å². The van der Waals surface area contributed by atoms with Gasteiger partial charge in [0.2, 0.25) is 0 Å². The van der Waals surface area contributed by atoms with Crippen molar-refractivity contribution in [1.29, 1.82) is 0 Å². The van der Waals surface area contributed by atoms with Crippen molar-refractivity contribution >= 4 is 88.1 Å². The normalized spacial score (nSPS) is 11.4. The highest BCUT2D eigenvalue weighted by atomic mass is 127. The summed E-state index contributed by atoms with van der Waals surface area (Å²) in [7, 11) is 0. The van der Waals surface area contributed by atoms with Gasteiger partial charge < -0.3 is 0 Å². The van der Waals surface area contributed by atoms with Gasteiger partial charge in [0.25, 0.3) is 0 Å². The molecule has 0 saturated heterocycles. The first-order chi connectivity index (χ1) is 8.15. The quantitative estimate of drug-likeness (QED) is 0.364. The molecule has 0 atom stereocenters. The number of nitrogens with zero attached hydrogens (tertiary/aromatic N) is 2. The summed E-state index contributed by atoms with van der Waals surface area (Å²) in [5, 5.41) is 1.47. The summed E-state index contributed by atoms with van der Waals surface area (Å²) < 4.78 is 0.458. The van der Waals surface area contributed by atoms with Crippen molar-refractivity contribution in [3.8, 4) is 0 Å². The zero-order chi connectivity index (χ0) is 12.4. The number of rotatable bonds is 3. The maximum atomic E-state index is 4.66. The summed E-state index contributed by atoms with van der Waals surface area (Å²) >= 11 is 11.7. The van der Waals surface area contributed by atoms with Gasteiger partial charge in [-0.05, 0) is 17.7 Å². The Labute approximate surface area is 144 Å². The Kier molecular flexibility index (Phi) is 5.44. The van der Waals surface area contributed by atoms with Crippen LogP contribution in [0.4, 0.5) is 0 Å². The van der Waals surface area contributed by atoms with Crippen molar-refractivity contribution in [2.24, 2.45) is 0 Å².